The average molecular weight is 385 g/mol. The van der Waals surface area contributed by atoms with Gasteiger partial charge in [0.25, 0.3) is 0 Å². The number of hydrogen-bond acceptors (Lipinski definition) is 3. The first kappa shape index (κ1) is 14.2. The van der Waals surface area contributed by atoms with Gasteiger partial charge < -0.3 is 10.5 Å². The molecule has 3 rings (SSSR count). The SMILES string of the molecule is CC1(I)C2CCC1(C)C(OC(=O)c1ccc(N)cc1)C2. The number of rotatable bonds is 2. The van der Waals surface area contributed by atoms with Crippen LogP contribution in [0.25, 0.3) is 0 Å². The van der Waals surface area contributed by atoms with Crippen LogP contribution in [0.2, 0.25) is 0 Å². The molecule has 4 heteroatoms. The molecule has 0 aliphatic heterocycles. The number of nitrogens with two attached hydrogens (primary N) is 1. The van der Waals surface area contributed by atoms with Gasteiger partial charge in [-0.05, 0) is 56.4 Å². The Bertz CT molecular complexity index is 540. The minimum atomic E-state index is -0.226. The molecule has 2 aliphatic rings. The molecule has 0 spiro atoms. The number of anilines is 1. The summed E-state index contributed by atoms with van der Waals surface area (Å²) in [4.78, 5) is 12.3. The molecule has 0 radical (unpaired) electrons. The van der Waals surface area contributed by atoms with Crippen LogP contribution in [0.3, 0.4) is 0 Å². The Kier molecular flexibility index (Phi) is 3.27. The number of ether oxygens (including phenoxy) is 1. The van der Waals surface area contributed by atoms with E-state index in [1.807, 2.05) is 0 Å². The molecule has 20 heavy (non-hydrogen) atoms. The number of carbonyl (C=O) groups is 1. The van der Waals surface area contributed by atoms with Crippen LogP contribution in [0.5, 0.6) is 0 Å². The lowest BCUT2D eigenvalue weighted by molar-refractivity contribution is -0.00850. The molecule has 2 saturated carbocycles. The third-order valence-electron chi connectivity index (χ3n) is 5.50. The lowest BCUT2D eigenvalue weighted by Crippen LogP contribution is -2.40. The Morgan fingerprint density at radius 2 is 2.00 bits per heavy atom. The summed E-state index contributed by atoms with van der Waals surface area (Å²) in [6.45, 7) is 4.58. The maximum absolute atomic E-state index is 12.3. The Balaban J connectivity index is 1.76. The quantitative estimate of drug-likeness (QED) is 0.365. The number of alkyl halides is 1. The predicted molar refractivity (Wildman–Crippen MR) is 87.9 cm³/mol. The first-order valence-corrected chi connectivity index (χ1v) is 8.18. The number of carbonyl (C=O) groups excluding carboxylic acids is 1. The summed E-state index contributed by atoms with van der Waals surface area (Å²) in [5.74, 6) is 0.438. The van der Waals surface area contributed by atoms with Gasteiger partial charge in [-0.3, -0.25) is 0 Å². The average Bonchev–Trinajstić information content (AvgIpc) is 2.72. The topological polar surface area (TPSA) is 52.3 Å². The molecule has 4 atom stereocenters. The zero-order chi connectivity index (χ0) is 14.5. The summed E-state index contributed by atoms with van der Waals surface area (Å²) in [5.41, 5.74) is 6.99. The van der Waals surface area contributed by atoms with Gasteiger partial charge in [0, 0.05) is 14.5 Å². The minimum absolute atomic E-state index is 0.0354. The van der Waals surface area contributed by atoms with Crippen molar-refractivity contribution in [1.82, 2.24) is 0 Å². The Labute approximate surface area is 133 Å². The van der Waals surface area contributed by atoms with Crippen molar-refractivity contribution in [3.8, 4) is 0 Å². The van der Waals surface area contributed by atoms with Crippen molar-refractivity contribution in [1.29, 1.82) is 0 Å². The fourth-order valence-corrected chi connectivity index (χ4v) is 4.97. The molecule has 0 saturated heterocycles. The van der Waals surface area contributed by atoms with Crippen molar-refractivity contribution in [3.63, 3.8) is 0 Å². The molecule has 2 N–H and O–H groups in total. The van der Waals surface area contributed by atoms with Crippen molar-refractivity contribution in [2.45, 2.75) is 42.6 Å². The van der Waals surface area contributed by atoms with Crippen molar-refractivity contribution in [2.24, 2.45) is 11.3 Å². The summed E-state index contributed by atoms with van der Waals surface area (Å²) >= 11 is 2.57. The largest absolute Gasteiger partial charge is 0.458 e. The Hall–Kier alpha value is -0.780. The van der Waals surface area contributed by atoms with Gasteiger partial charge in [0.05, 0.1) is 5.56 Å². The van der Waals surface area contributed by atoms with E-state index in [9.17, 15) is 4.79 Å². The number of halogens is 1. The molecule has 2 fully saturated rings. The number of hydrogen-bond donors (Lipinski definition) is 1. The van der Waals surface area contributed by atoms with Gasteiger partial charge in [0.15, 0.2) is 0 Å². The first-order valence-electron chi connectivity index (χ1n) is 7.10. The van der Waals surface area contributed by atoms with Crippen LogP contribution < -0.4 is 5.73 Å². The van der Waals surface area contributed by atoms with Gasteiger partial charge in [-0.15, -0.1) is 0 Å². The molecule has 0 aromatic heterocycles. The molecule has 0 amide bonds. The molecule has 1 aromatic carbocycles. The van der Waals surface area contributed by atoms with E-state index in [4.69, 9.17) is 10.5 Å². The second-order valence-corrected chi connectivity index (χ2v) is 8.72. The highest BCUT2D eigenvalue weighted by Gasteiger charge is 2.64. The van der Waals surface area contributed by atoms with Crippen molar-refractivity contribution < 1.29 is 9.53 Å². The van der Waals surface area contributed by atoms with Crippen molar-refractivity contribution in [3.05, 3.63) is 29.8 Å². The fourth-order valence-electron chi connectivity index (χ4n) is 3.78. The molecule has 2 bridgehead atoms. The van der Waals surface area contributed by atoms with Gasteiger partial charge in [-0.2, -0.15) is 0 Å². The second-order valence-electron chi connectivity index (χ2n) is 6.48. The Morgan fingerprint density at radius 1 is 1.35 bits per heavy atom. The lowest BCUT2D eigenvalue weighted by Gasteiger charge is -2.37. The van der Waals surface area contributed by atoms with E-state index in [-0.39, 0.29) is 20.9 Å². The van der Waals surface area contributed by atoms with Crippen LogP contribution in [-0.2, 0) is 4.74 Å². The molecule has 3 nitrogen and oxygen atoms in total. The summed E-state index contributed by atoms with van der Waals surface area (Å²) in [7, 11) is 0. The molecular formula is C16H20INO2. The molecule has 1 aromatic rings. The summed E-state index contributed by atoms with van der Waals surface area (Å²) in [5, 5.41) is 0. The zero-order valence-corrected chi connectivity index (χ0v) is 14.0. The highest BCUT2D eigenvalue weighted by atomic mass is 127. The lowest BCUT2D eigenvalue weighted by atomic mass is 9.79. The maximum Gasteiger partial charge on any atom is 0.338 e. The van der Waals surface area contributed by atoms with E-state index in [1.165, 1.54) is 6.42 Å². The highest BCUT2D eigenvalue weighted by molar-refractivity contribution is 14.1. The number of esters is 1. The standard InChI is InChI=1S/C16H20INO2/c1-15-8-7-11(16(15,2)17)9-13(15)20-14(19)10-3-5-12(18)6-4-10/h3-6,11,13H,7-9,18H2,1-2H3. The number of benzene rings is 1. The summed E-state index contributed by atoms with van der Waals surface area (Å²) in [6, 6.07) is 6.94. The van der Waals surface area contributed by atoms with Crippen LogP contribution in [0.4, 0.5) is 5.69 Å². The van der Waals surface area contributed by atoms with E-state index in [2.05, 4.69) is 36.4 Å². The normalized spacial score (nSPS) is 39.0. The number of nitrogen functional groups attached to an aromatic ring is 1. The summed E-state index contributed by atoms with van der Waals surface area (Å²) < 4.78 is 6.06. The molecular weight excluding hydrogens is 365 g/mol. The third kappa shape index (κ3) is 1.95. The van der Waals surface area contributed by atoms with Gasteiger partial charge in [0.2, 0.25) is 0 Å². The van der Waals surface area contributed by atoms with E-state index in [0.717, 1.165) is 12.8 Å². The van der Waals surface area contributed by atoms with Gasteiger partial charge in [-0.25, -0.2) is 4.79 Å². The van der Waals surface area contributed by atoms with Crippen LogP contribution in [0.1, 0.15) is 43.5 Å². The second kappa shape index (κ2) is 4.61. The third-order valence-corrected chi connectivity index (χ3v) is 7.61. The van der Waals surface area contributed by atoms with Crippen LogP contribution in [0, 0.1) is 11.3 Å². The molecule has 0 heterocycles. The summed E-state index contributed by atoms with van der Waals surface area (Å²) in [6.07, 6.45) is 3.44. The monoisotopic (exact) mass is 385 g/mol. The first-order chi connectivity index (χ1) is 9.34. The van der Waals surface area contributed by atoms with E-state index >= 15 is 0 Å². The Morgan fingerprint density at radius 3 is 2.50 bits per heavy atom. The minimum Gasteiger partial charge on any atom is -0.458 e. The number of fused-ring (bicyclic) bond motifs is 2. The molecule has 4 unspecified atom stereocenters. The van der Waals surface area contributed by atoms with Crippen LogP contribution in [-0.4, -0.2) is 15.5 Å². The van der Waals surface area contributed by atoms with Crippen LogP contribution in [0.15, 0.2) is 24.3 Å². The van der Waals surface area contributed by atoms with E-state index in [0.29, 0.717) is 17.2 Å². The van der Waals surface area contributed by atoms with Crippen molar-refractivity contribution >= 4 is 34.2 Å². The van der Waals surface area contributed by atoms with E-state index < -0.39 is 0 Å². The van der Waals surface area contributed by atoms with Crippen LogP contribution >= 0.6 is 22.6 Å². The molecule has 2 aliphatic carbocycles. The highest BCUT2D eigenvalue weighted by Crippen LogP contribution is 2.65. The van der Waals surface area contributed by atoms with Crippen molar-refractivity contribution in [2.75, 3.05) is 5.73 Å². The predicted octanol–water partition coefficient (Wildman–Crippen LogP) is 3.81. The zero-order valence-electron chi connectivity index (χ0n) is 11.9. The fraction of sp³-hybridized carbons (Fsp3) is 0.562. The van der Waals surface area contributed by atoms with Gasteiger partial charge >= 0.3 is 5.97 Å². The van der Waals surface area contributed by atoms with E-state index in [1.54, 1.807) is 24.3 Å². The van der Waals surface area contributed by atoms with Gasteiger partial charge in [0.1, 0.15) is 6.10 Å². The maximum atomic E-state index is 12.3. The molecule has 108 valence electrons. The van der Waals surface area contributed by atoms with Gasteiger partial charge in [-0.1, -0.05) is 29.5 Å². The smallest absolute Gasteiger partial charge is 0.338 e.